The van der Waals surface area contributed by atoms with Crippen molar-refractivity contribution in [1.82, 2.24) is 0 Å². The molecule has 0 spiro atoms. The van der Waals surface area contributed by atoms with Gasteiger partial charge in [0.25, 0.3) is 0 Å². The molecule has 0 saturated heterocycles. The number of benzene rings is 1. The maximum atomic E-state index is 12.8. The first-order valence-electron chi connectivity index (χ1n) is 3.13. The predicted molar refractivity (Wildman–Crippen MR) is 42.4 cm³/mol. The average Bonchev–Trinajstić information content (AvgIpc) is 1.82. The lowest BCUT2D eigenvalue weighted by atomic mass is 10.1. The molecule has 0 aromatic heterocycles. The van der Waals surface area contributed by atoms with Gasteiger partial charge in [0.1, 0.15) is 5.82 Å². The summed E-state index contributed by atoms with van der Waals surface area (Å²) in [7, 11) is 0. The van der Waals surface area contributed by atoms with Crippen LogP contribution >= 0.6 is 0 Å². The highest BCUT2D eigenvalue weighted by atomic mass is 19.1. The molecular weight excluding hydrogens is 129 g/mol. The van der Waals surface area contributed by atoms with Crippen LogP contribution < -0.4 is 5.73 Å². The van der Waals surface area contributed by atoms with Crippen LogP contribution in [0.15, 0.2) is 12.1 Å². The van der Waals surface area contributed by atoms with Crippen molar-refractivity contribution >= 4 is 5.69 Å². The number of anilines is 1. The lowest BCUT2D eigenvalue weighted by Gasteiger charge is -2.01. The van der Waals surface area contributed by atoms with Crippen molar-refractivity contribution in [1.29, 1.82) is 0 Å². The first kappa shape index (κ1) is 7.06. The topological polar surface area (TPSA) is 26.0 Å². The van der Waals surface area contributed by atoms with Crippen LogP contribution in [0.25, 0.3) is 0 Å². The lowest BCUT2D eigenvalue weighted by molar-refractivity contribution is 0.623. The monoisotopic (exact) mass is 141 g/mol. The maximum Gasteiger partial charge on any atom is 0.148 e. The normalized spacial score (nSPS) is 9.90. The van der Waals surface area contributed by atoms with E-state index >= 15 is 0 Å². The third-order valence-corrected chi connectivity index (χ3v) is 1.43. The van der Waals surface area contributed by atoms with E-state index in [1.165, 1.54) is 0 Å². The zero-order chi connectivity index (χ0) is 7.72. The second-order valence-corrected chi connectivity index (χ2v) is 2.49. The Balaban J connectivity index is 0.000001000. The molecule has 1 rings (SSSR count). The maximum absolute atomic E-state index is 12.8. The van der Waals surface area contributed by atoms with Crippen molar-refractivity contribution in [3.63, 3.8) is 0 Å². The van der Waals surface area contributed by atoms with Crippen molar-refractivity contribution in [2.45, 2.75) is 13.8 Å². The van der Waals surface area contributed by atoms with Gasteiger partial charge in [-0.05, 0) is 31.0 Å². The Labute approximate surface area is 61.2 Å². The Kier molecular flexibility index (Phi) is 1.62. The summed E-state index contributed by atoms with van der Waals surface area (Å²) in [6.07, 6.45) is 0. The molecule has 2 heteroatoms. The summed E-state index contributed by atoms with van der Waals surface area (Å²) < 4.78 is 12.8. The summed E-state index contributed by atoms with van der Waals surface area (Å²) in [6, 6.07) is 3.40. The molecular formula is C8H12FN. The largest absolute Gasteiger partial charge is 0.396 e. The molecule has 0 fully saturated rings. The van der Waals surface area contributed by atoms with Crippen LogP contribution in [0.4, 0.5) is 10.1 Å². The molecule has 0 unspecified atom stereocenters. The van der Waals surface area contributed by atoms with Crippen LogP contribution in [0.5, 0.6) is 0 Å². The van der Waals surface area contributed by atoms with E-state index in [0.29, 0.717) is 5.56 Å². The summed E-state index contributed by atoms with van der Waals surface area (Å²) >= 11 is 0. The molecule has 0 heterocycles. The molecule has 0 radical (unpaired) electrons. The fraction of sp³-hybridized carbons (Fsp3) is 0.250. The number of rotatable bonds is 0. The Morgan fingerprint density at radius 1 is 1.40 bits per heavy atom. The van der Waals surface area contributed by atoms with Gasteiger partial charge in [0, 0.05) is 1.43 Å². The van der Waals surface area contributed by atoms with E-state index in [0.717, 1.165) is 5.56 Å². The van der Waals surface area contributed by atoms with Crippen LogP contribution in [0.3, 0.4) is 0 Å². The van der Waals surface area contributed by atoms with E-state index in [2.05, 4.69) is 0 Å². The van der Waals surface area contributed by atoms with Gasteiger partial charge >= 0.3 is 0 Å². The van der Waals surface area contributed by atoms with E-state index in [1.807, 2.05) is 6.92 Å². The Morgan fingerprint density at radius 3 is 2.50 bits per heavy atom. The summed E-state index contributed by atoms with van der Waals surface area (Å²) in [6.45, 7) is 3.60. The van der Waals surface area contributed by atoms with E-state index in [9.17, 15) is 4.39 Å². The van der Waals surface area contributed by atoms with Gasteiger partial charge < -0.3 is 5.73 Å². The molecule has 2 N–H and O–H groups in total. The SMILES string of the molecule is Cc1cc(C)c(F)c(N)c1.[HH]. The number of nitrogen functional groups attached to an aromatic ring is 1. The number of nitrogens with two attached hydrogens (primary N) is 1. The van der Waals surface area contributed by atoms with Gasteiger partial charge in [0.2, 0.25) is 0 Å². The number of halogens is 1. The zero-order valence-electron chi connectivity index (χ0n) is 6.11. The third-order valence-electron chi connectivity index (χ3n) is 1.43. The second kappa shape index (κ2) is 2.29. The molecule has 1 aromatic carbocycles. The van der Waals surface area contributed by atoms with E-state index in [4.69, 9.17) is 5.73 Å². The fourth-order valence-corrected chi connectivity index (χ4v) is 0.983. The lowest BCUT2D eigenvalue weighted by Crippen LogP contribution is -1.93. The van der Waals surface area contributed by atoms with Crippen LogP contribution in [0.1, 0.15) is 12.6 Å². The molecule has 56 valence electrons. The average molecular weight is 141 g/mol. The van der Waals surface area contributed by atoms with Crippen LogP contribution in [-0.4, -0.2) is 0 Å². The quantitative estimate of drug-likeness (QED) is 0.551. The summed E-state index contributed by atoms with van der Waals surface area (Å²) in [4.78, 5) is 0. The summed E-state index contributed by atoms with van der Waals surface area (Å²) in [5.41, 5.74) is 7.19. The van der Waals surface area contributed by atoms with E-state index in [-0.39, 0.29) is 12.9 Å². The highest BCUT2D eigenvalue weighted by molar-refractivity contribution is 5.45. The van der Waals surface area contributed by atoms with Crippen LogP contribution in [0, 0.1) is 19.7 Å². The van der Waals surface area contributed by atoms with Gasteiger partial charge in [-0.1, -0.05) is 6.07 Å². The highest BCUT2D eigenvalue weighted by Gasteiger charge is 2.00. The number of hydrogen-bond donors (Lipinski definition) is 1. The van der Waals surface area contributed by atoms with Crippen molar-refractivity contribution in [2.75, 3.05) is 5.73 Å². The minimum atomic E-state index is -0.300. The molecule has 1 aromatic rings. The molecule has 0 bridgehead atoms. The second-order valence-electron chi connectivity index (χ2n) is 2.49. The van der Waals surface area contributed by atoms with Crippen molar-refractivity contribution in [3.8, 4) is 0 Å². The van der Waals surface area contributed by atoms with Crippen LogP contribution in [0.2, 0.25) is 0 Å². The van der Waals surface area contributed by atoms with Crippen molar-refractivity contribution in [3.05, 3.63) is 29.1 Å². The summed E-state index contributed by atoms with van der Waals surface area (Å²) in [5.74, 6) is -0.300. The first-order chi connectivity index (χ1) is 4.61. The fourth-order valence-electron chi connectivity index (χ4n) is 0.983. The highest BCUT2D eigenvalue weighted by Crippen LogP contribution is 2.15. The van der Waals surface area contributed by atoms with Gasteiger partial charge in [-0.25, -0.2) is 4.39 Å². The Morgan fingerprint density at radius 2 is 2.00 bits per heavy atom. The van der Waals surface area contributed by atoms with Crippen molar-refractivity contribution < 1.29 is 5.82 Å². The zero-order valence-corrected chi connectivity index (χ0v) is 6.11. The first-order valence-corrected chi connectivity index (χ1v) is 3.13. The van der Waals surface area contributed by atoms with Crippen molar-refractivity contribution in [2.24, 2.45) is 0 Å². The van der Waals surface area contributed by atoms with Gasteiger partial charge in [0.05, 0.1) is 5.69 Å². The molecule has 0 atom stereocenters. The molecule has 0 aliphatic heterocycles. The smallest absolute Gasteiger partial charge is 0.148 e. The Hall–Kier alpha value is -1.05. The molecule has 0 amide bonds. The number of aryl methyl sites for hydroxylation is 2. The molecule has 0 saturated carbocycles. The van der Waals surface area contributed by atoms with Gasteiger partial charge in [-0.15, -0.1) is 0 Å². The number of hydrogen-bond acceptors (Lipinski definition) is 1. The minimum absolute atomic E-state index is 0. The van der Waals surface area contributed by atoms with Crippen LogP contribution in [-0.2, 0) is 0 Å². The Bertz CT molecular complexity index is 237. The molecule has 0 aliphatic carbocycles. The standard InChI is InChI=1S/C8H10FN.H2/c1-5-3-6(2)8(9)7(10)4-5;/h3-4H,10H2,1-2H3;1H. The van der Waals surface area contributed by atoms with E-state index < -0.39 is 0 Å². The van der Waals surface area contributed by atoms with Gasteiger partial charge in [-0.3, -0.25) is 0 Å². The molecule has 10 heavy (non-hydrogen) atoms. The molecule has 1 nitrogen and oxygen atoms in total. The molecule has 0 aliphatic rings. The minimum Gasteiger partial charge on any atom is -0.396 e. The van der Waals surface area contributed by atoms with E-state index in [1.54, 1.807) is 19.1 Å². The van der Waals surface area contributed by atoms with Gasteiger partial charge in [-0.2, -0.15) is 0 Å². The third kappa shape index (κ3) is 1.10. The summed E-state index contributed by atoms with van der Waals surface area (Å²) in [5, 5.41) is 0. The predicted octanol–water partition coefficient (Wildman–Crippen LogP) is 2.27. The van der Waals surface area contributed by atoms with Gasteiger partial charge in [0.15, 0.2) is 0 Å².